The minimum atomic E-state index is -0.947. The van der Waals surface area contributed by atoms with Crippen LogP contribution in [0.5, 0.6) is 5.75 Å². The number of hydrogen-bond acceptors (Lipinski definition) is 4. The third kappa shape index (κ3) is 2.93. The largest absolute Gasteiger partial charge is 0.491 e. The number of aryl methyl sites for hydroxylation is 1. The summed E-state index contributed by atoms with van der Waals surface area (Å²) in [5.74, 6) is -0.136. The Morgan fingerprint density at radius 3 is 2.74 bits per heavy atom. The summed E-state index contributed by atoms with van der Waals surface area (Å²) in [5.41, 5.74) is 3.83. The smallest absolute Gasteiger partial charge is 0.348 e. The maximum Gasteiger partial charge on any atom is 0.348 e. The molecule has 0 aliphatic carbocycles. The summed E-state index contributed by atoms with van der Waals surface area (Å²) < 4.78 is 5.66. The second-order valence-electron chi connectivity index (χ2n) is 4.48. The van der Waals surface area contributed by atoms with E-state index in [1.165, 1.54) is 0 Å². The lowest BCUT2D eigenvalue weighted by molar-refractivity contribution is 0.0702. The molecule has 2 aromatic rings. The highest BCUT2D eigenvalue weighted by atomic mass is 32.1. The van der Waals surface area contributed by atoms with Crippen LogP contribution in [0, 0.1) is 6.92 Å². The van der Waals surface area contributed by atoms with Gasteiger partial charge in [-0.3, -0.25) is 0 Å². The summed E-state index contributed by atoms with van der Waals surface area (Å²) in [6.45, 7) is 5.88. The van der Waals surface area contributed by atoms with E-state index in [2.05, 4.69) is 4.98 Å². The van der Waals surface area contributed by atoms with Crippen molar-refractivity contribution in [2.75, 3.05) is 0 Å². The van der Waals surface area contributed by atoms with E-state index in [1.807, 2.05) is 39.0 Å². The Balaban J connectivity index is 2.39. The molecule has 0 radical (unpaired) electrons. The van der Waals surface area contributed by atoms with E-state index in [0.717, 1.165) is 28.2 Å². The van der Waals surface area contributed by atoms with Crippen molar-refractivity contribution in [2.45, 2.75) is 26.9 Å². The number of hydrogen-bond donors (Lipinski definition) is 1. The quantitative estimate of drug-likeness (QED) is 0.927. The van der Waals surface area contributed by atoms with Crippen LogP contribution < -0.4 is 4.74 Å². The molecule has 1 N–H and O–H groups in total. The molecule has 1 aromatic heterocycles. The van der Waals surface area contributed by atoms with Gasteiger partial charge in [-0.25, -0.2) is 9.78 Å². The maximum absolute atomic E-state index is 11.1. The van der Waals surface area contributed by atoms with E-state index < -0.39 is 5.97 Å². The lowest BCUT2D eigenvalue weighted by Gasteiger charge is -2.13. The van der Waals surface area contributed by atoms with Gasteiger partial charge in [0.25, 0.3) is 0 Å². The van der Waals surface area contributed by atoms with Gasteiger partial charge in [-0.05, 0) is 44.5 Å². The minimum Gasteiger partial charge on any atom is -0.491 e. The number of aromatic carboxylic acids is 1. The zero-order valence-electron chi connectivity index (χ0n) is 11.0. The first-order valence-electron chi connectivity index (χ1n) is 5.93. The molecule has 0 aliphatic rings. The Hall–Kier alpha value is -1.88. The number of carboxylic acids is 1. The third-order valence-corrected chi connectivity index (χ3v) is 3.39. The van der Waals surface area contributed by atoms with Crippen molar-refractivity contribution < 1.29 is 14.6 Å². The standard InChI is InChI=1S/C14H15NO3S/c1-8(2)18-11-5-4-10(6-9(11)3)12-13(14(16)17)19-7-15-12/h4-8H,1-3H3,(H,16,17). The number of carbonyl (C=O) groups is 1. The fraction of sp³-hybridized carbons (Fsp3) is 0.286. The van der Waals surface area contributed by atoms with Crippen molar-refractivity contribution in [3.63, 3.8) is 0 Å². The topological polar surface area (TPSA) is 59.4 Å². The summed E-state index contributed by atoms with van der Waals surface area (Å²) in [4.78, 5) is 15.5. The van der Waals surface area contributed by atoms with Crippen molar-refractivity contribution in [3.8, 4) is 17.0 Å². The predicted octanol–water partition coefficient (Wildman–Crippen LogP) is 3.60. The predicted molar refractivity (Wildman–Crippen MR) is 75.0 cm³/mol. The van der Waals surface area contributed by atoms with Crippen LogP contribution >= 0.6 is 11.3 Å². The molecule has 1 heterocycles. The van der Waals surface area contributed by atoms with E-state index in [1.54, 1.807) is 5.51 Å². The minimum absolute atomic E-state index is 0.110. The van der Waals surface area contributed by atoms with Gasteiger partial charge < -0.3 is 9.84 Å². The lowest BCUT2D eigenvalue weighted by Crippen LogP contribution is -2.06. The van der Waals surface area contributed by atoms with Gasteiger partial charge in [0.05, 0.1) is 17.3 Å². The van der Waals surface area contributed by atoms with Crippen LogP contribution in [0.4, 0.5) is 0 Å². The maximum atomic E-state index is 11.1. The second kappa shape index (κ2) is 5.40. The van der Waals surface area contributed by atoms with Gasteiger partial charge in [0.1, 0.15) is 10.6 Å². The Morgan fingerprint density at radius 2 is 2.16 bits per heavy atom. The number of carboxylic acid groups (broad SMARTS) is 1. The van der Waals surface area contributed by atoms with Gasteiger partial charge in [0.2, 0.25) is 0 Å². The van der Waals surface area contributed by atoms with E-state index >= 15 is 0 Å². The van der Waals surface area contributed by atoms with E-state index in [4.69, 9.17) is 9.84 Å². The van der Waals surface area contributed by atoms with Crippen LogP contribution in [0.15, 0.2) is 23.7 Å². The summed E-state index contributed by atoms with van der Waals surface area (Å²) in [7, 11) is 0. The van der Waals surface area contributed by atoms with Crippen LogP contribution in [0.2, 0.25) is 0 Å². The van der Waals surface area contributed by atoms with E-state index in [0.29, 0.717) is 5.69 Å². The Morgan fingerprint density at radius 1 is 1.42 bits per heavy atom. The van der Waals surface area contributed by atoms with Crippen molar-refractivity contribution in [1.29, 1.82) is 0 Å². The van der Waals surface area contributed by atoms with Crippen LogP contribution in [0.3, 0.4) is 0 Å². The van der Waals surface area contributed by atoms with Gasteiger partial charge in [-0.2, -0.15) is 0 Å². The molecule has 2 rings (SSSR count). The van der Waals surface area contributed by atoms with Gasteiger partial charge >= 0.3 is 5.97 Å². The zero-order chi connectivity index (χ0) is 14.0. The normalized spacial score (nSPS) is 10.7. The fourth-order valence-corrected chi connectivity index (χ4v) is 2.43. The highest BCUT2D eigenvalue weighted by Gasteiger charge is 2.16. The van der Waals surface area contributed by atoms with Gasteiger partial charge in [-0.15, -0.1) is 11.3 Å². The molecule has 0 saturated carbocycles. The van der Waals surface area contributed by atoms with Crippen LogP contribution in [-0.4, -0.2) is 22.2 Å². The highest BCUT2D eigenvalue weighted by Crippen LogP contribution is 2.29. The molecule has 0 aliphatic heterocycles. The fourth-order valence-electron chi connectivity index (χ4n) is 1.79. The van der Waals surface area contributed by atoms with Crippen molar-refractivity contribution in [3.05, 3.63) is 34.2 Å². The number of rotatable bonds is 4. The molecule has 0 bridgehead atoms. The summed E-state index contributed by atoms with van der Waals surface area (Å²) in [6.07, 6.45) is 0.110. The number of nitrogens with zero attached hydrogens (tertiary/aromatic N) is 1. The molecule has 100 valence electrons. The zero-order valence-corrected chi connectivity index (χ0v) is 11.8. The molecule has 0 amide bonds. The lowest BCUT2D eigenvalue weighted by atomic mass is 10.1. The van der Waals surface area contributed by atoms with Crippen molar-refractivity contribution in [2.24, 2.45) is 0 Å². The molecule has 0 atom stereocenters. The number of aromatic nitrogens is 1. The molecule has 0 unspecified atom stereocenters. The monoisotopic (exact) mass is 277 g/mol. The number of thiazole rings is 1. The van der Waals surface area contributed by atoms with Crippen LogP contribution in [-0.2, 0) is 0 Å². The summed E-state index contributed by atoms with van der Waals surface area (Å²) in [6, 6.07) is 5.60. The molecule has 4 nitrogen and oxygen atoms in total. The van der Waals surface area contributed by atoms with Crippen LogP contribution in [0.1, 0.15) is 29.1 Å². The van der Waals surface area contributed by atoms with Crippen LogP contribution in [0.25, 0.3) is 11.3 Å². The molecule has 0 spiro atoms. The number of benzene rings is 1. The molecule has 1 aromatic carbocycles. The first kappa shape index (κ1) is 13.5. The Kier molecular flexibility index (Phi) is 3.85. The first-order chi connectivity index (χ1) is 8.99. The summed E-state index contributed by atoms with van der Waals surface area (Å²) >= 11 is 1.13. The first-order valence-corrected chi connectivity index (χ1v) is 6.81. The highest BCUT2D eigenvalue weighted by molar-refractivity contribution is 7.12. The number of ether oxygens (including phenoxy) is 1. The third-order valence-electron chi connectivity index (χ3n) is 2.57. The molecular formula is C14H15NO3S. The SMILES string of the molecule is Cc1cc(-c2ncsc2C(=O)O)ccc1OC(C)C. The van der Waals surface area contributed by atoms with Crippen molar-refractivity contribution >= 4 is 17.3 Å². The molecule has 0 fully saturated rings. The van der Waals surface area contributed by atoms with E-state index in [-0.39, 0.29) is 11.0 Å². The molecule has 19 heavy (non-hydrogen) atoms. The summed E-state index contributed by atoms with van der Waals surface area (Å²) in [5, 5.41) is 9.10. The Bertz CT molecular complexity index is 604. The van der Waals surface area contributed by atoms with Crippen molar-refractivity contribution in [1.82, 2.24) is 4.98 Å². The average molecular weight is 277 g/mol. The van der Waals surface area contributed by atoms with E-state index in [9.17, 15) is 4.79 Å². The molecule has 5 heteroatoms. The van der Waals surface area contributed by atoms with Gasteiger partial charge in [0.15, 0.2) is 0 Å². The average Bonchev–Trinajstić information content (AvgIpc) is 2.80. The van der Waals surface area contributed by atoms with Gasteiger partial charge in [-0.1, -0.05) is 0 Å². The molecular weight excluding hydrogens is 262 g/mol. The van der Waals surface area contributed by atoms with Gasteiger partial charge in [0, 0.05) is 5.56 Å². The second-order valence-corrected chi connectivity index (χ2v) is 5.34. The Labute approximate surface area is 115 Å². The molecule has 0 saturated heterocycles.